The number of hydrogen-bond donors (Lipinski definition) is 0. The summed E-state index contributed by atoms with van der Waals surface area (Å²) in [4.78, 5) is 16.5. The van der Waals surface area contributed by atoms with Gasteiger partial charge in [-0.25, -0.2) is 4.39 Å². The first kappa shape index (κ1) is 19.4. The number of carbonyl (C=O) groups excluding carboxylic acids is 1. The summed E-state index contributed by atoms with van der Waals surface area (Å²) in [7, 11) is 1.42. The molecule has 0 aliphatic carbocycles. The van der Waals surface area contributed by atoms with Crippen LogP contribution in [-0.4, -0.2) is 49.0 Å². The maximum atomic E-state index is 13.7. The fraction of sp³-hybridized carbons (Fsp3) is 0.286. The summed E-state index contributed by atoms with van der Waals surface area (Å²) >= 11 is 6.03. The van der Waals surface area contributed by atoms with E-state index in [0.29, 0.717) is 18.7 Å². The molecule has 0 atom stereocenters. The highest BCUT2D eigenvalue weighted by molar-refractivity contribution is 6.30. The fourth-order valence-electron chi connectivity index (χ4n) is 3.08. The van der Waals surface area contributed by atoms with E-state index < -0.39 is 5.82 Å². The van der Waals surface area contributed by atoms with E-state index in [4.69, 9.17) is 16.3 Å². The van der Waals surface area contributed by atoms with Crippen LogP contribution in [0.15, 0.2) is 48.5 Å². The van der Waals surface area contributed by atoms with Crippen LogP contribution in [0.2, 0.25) is 5.02 Å². The third-order valence-electron chi connectivity index (χ3n) is 4.57. The molecule has 1 aliphatic heterocycles. The van der Waals surface area contributed by atoms with E-state index in [9.17, 15) is 9.18 Å². The molecule has 0 radical (unpaired) electrons. The van der Waals surface area contributed by atoms with Gasteiger partial charge in [-0.15, -0.1) is 0 Å². The molecular weight excluding hydrogens is 367 g/mol. The van der Waals surface area contributed by atoms with Crippen molar-refractivity contribution in [3.63, 3.8) is 0 Å². The third kappa shape index (κ3) is 5.31. The van der Waals surface area contributed by atoms with Crippen LogP contribution in [0, 0.1) is 5.82 Å². The van der Waals surface area contributed by atoms with E-state index in [-0.39, 0.29) is 11.7 Å². The topological polar surface area (TPSA) is 32.8 Å². The molecule has 1 heterocycles. The Hall–Kier alpha value is -2.37. The summed E-state index contributed by atoms with van der Waals surface area (Å²) in [6, 6.07) is 12.5. The minimum atomic E-state index is -0.443. The largest absolute Gasteiger partial charge is 0.494 e. The zero-order valence-corrected chi connectivity index (χ0v) is 16.0. The first-order chi connectivity index (χ1) is 13.0. The monoisotopic (exact) mass is 388 g/mol. The van der Waals surface area contributed by atoms with Gasteiger partial charge in [0.25, 0.3) is 0 Å². The second kappa shape index (κ2) is 9.02. The van der Waals surface area contributed by atoms with Crippen LogP contribution in [0.1, 0.15) is 11.1 Å². The summed E-state index contributed by atoms with van der Waals surface area (Å²) in [5.41, 5.74) is 1.80. The van der Waals surface area contributed by atoms with Crippen molar-refractivity contribution in [3.05, 3.63) is 70.5 Å². The number of piperazine rings is 1. The molecule has 0 bridgehead atoms. The number of rotatable bonds is 5. The lowest BCUT2D eigenvalue weighted by Gasteiger charge is -2.34. The molecular formula is C21H22ClFN2O2. The van der Waals surface area contributed by atoms with Crippen molar-refractivity contribution in [2.24, 2.45) is 0 Å². The van der Waals surface area contributed by atoms with Gasteiger partial charge in [0, 0.05) is 43.8 Å². The summed E-state index contributed by atoms with van der Waals surface area (Å²) in [5, 5.41) is 0.737. The van der Waals surface area contributed by atoms with Gasteiger partial charge in [-0.1, -0.05) is 29.8 Å². The average Bonchev–Trinajstić information content (AvgIpc) is 2.67. The highest BCUT2D eigenvalue weighted by Crippen LogP contribution is 2.19. The summed E-state index contributed by atoms with van der Waals surface area (Å²) in [5.74, 6) is -0.315. The van der Waals surface area contributed by atoms with Crippen LogP contribution < -0.4 is 4.74 Å². The lowest BCUT2D eigenvalue weighted by Crippen LogP contribution is -2.47. The Morgan fingerprint density at radius 2 is 1.96 bits per heavy atom. The molecule has 0 aromatic heterocycles. The van der Waals surface area contributed by atoms with Crippen LogP contribution in [-0.2, 0) is 11.3 Å². The van der Waals surface area contributed by atoms with Crippen LogP contribution in [0.5, 0.6) is 5.75 Å². The Morgan fingerprint density at radius 1 is 1.19 bits per heavy atom. The van der Waals surface area contributed by atoms with Gasteiger partial charge in [0.15, 0.2) is 11.6 Å². The Balaban J connectivity index is 1.51. The molecule has 1 aliphatic rings. The van der Waals surface area contributed by atoms with Gasteiger partial charge in [0.05, 0.1) is 7.11 Å². The predicted molar refractivity (Wildman–Crippen MR) is 105 cm³/mol. The van der Waals surface area contributed by atoms with Crippen LogP contribution in [0.25, 0.3) is 6.08 Å². The number of methoxy groups -OCH3 is 1. The molecule has 4 nitrogen and oxygen atoms in total. The van der Waals surface area contributed by atoms with E-state index in [1.165, 1.54) is 24.8 Å². The molecule has 1 fully saturated rings. The van der Waals surface area contributed by atoms with E-state index in [0.717, 1.165) is 24.7 Å². The Morgan fingerprint density at radius 3 is 2.63 bits per heavy atom. The molecule has 142 valence electrons. The number of ether oxygens (including phenoxy) is 1. The number of amides is 1. The molecule has 2 aromatic rings. The Labute approximate surface area is 163 Å². The number of nitrogens with zero attached hydrogens (tertiary/aromatic N) is 2. The Kier molecular flexibility index (Phi) is 6.48. The number of benzene rings is 2. The molecule has 2 aromatic carbocycles. The highest BCUT2D eigenvalue weighted by atomic mass is 35.5. The molecule has 0 N–H and O–H groups in total. The molecule has 0 unspecified atom stereocenters. The SMILES string of the molecule is COc1ccc(/C=C/C(=O)N2CCN(Cc3cccc(Cl)c3)CC2)cc1F. The molecule has 1 amide bonds. The number of carbonyl (C=O) groups is 1. The van der Waals surface area contributed by atoms with Crippen molar-refractivity contribution in [2.45, 2.75) is 6.54 Å². The molecule has 1 saturated heterocycles. The second-order valence-electron chi connectivity index (χ2n) is 6.46. The minimum absolute atomic E-state index is 0.0615. The van der Waals surface area contributed by atoms with E-state index >= 15 is 0 Å². The molecule has 0 spiro atoms. The predicted octanol–water partition coefficient (Wildman–Crippen LogP) is 3.85. The van der Waals surface area contributed by atoms with Gasteiger partial charge in [0.2, 0.25) is 5.91 Å². The van der Waals surface area contributed by atoms with Gasteiger partial charge < -0.3 is 9.64 Å². The fourth-order valence-corrected chi connectivity index (χ4v) is 3.29. The third-order valence-corrected chi connectivity index (χ3v) is 4.81. The number of halogens is 2. The first-order valence-corrected chi connectivity index (χ1v) is 9.20. The van der Waals surface area contributed by atoms with Crippen molar-refractivity contribution >= 4 is 23.6 Å². The number of hydrogen-bond acceptors (Lipinski definition) is 3. The quantitative estimate of drug-likeness (QED) is 0.729. The van der Waals surface area contributed by atoms with E-state index in [1.54, 1.807) is 18.2 Å². The summed E-state index contributed by atoms with van der Waals surface area (Å²) < 4.78 is 18.6. The summed E-state index contributed by atoms with van der Waals surface area (Å²) in [6.07, 6.45) is 3.12. The van der Waals surface area contributed by atoms with Crippen LogP contribution >= 0.6 is 11.6 Å². The van der Waals surface area contributed by atoms with Gasteiger partial charge in [-0.05, 0) is 41.5 Å². The van der Waals surface area contributed by atoms with E-state index in [1.807, 2.05) is 23.1 Å². The van der Waals surface area contributed by atoms with Crippen molar-refractivity contribution < 1.29 is 13.9 Å². The molecule has 27 heavy (non-hydrogen) atoms. The first-order valence-electron chi connectivity index (χ1n) is 8.82. The normalized spacial score (nSPS) is 15.3. The van der Waals surface area contributed by atoms with Crippen molar-refractivity contribution in [1.29, 1.82) is 0 Å². The van der Waals surface area contributed by atoms with Gasteiger partial charge in [-0.2, -0.15) is 0 Å². The maximum absolute atomic E-state index is 13.7. The molecule has 0 saturated carbocycles. The van der Waals surface area contributed by atoms with Crippen LogP contribution in [0.3, 0.4) is 0 Å². The highest BCUT2D eigenvalue weighted by Gasteiger charge is 2.19. The molecule has 3 rings (SSSR count). The van der Waals surface area contributed by atoms with Crippen molar-refractivity contribution in [2.75, 3.05) is 33.3 Å². The minimum Gasteiger partial charge on any atom is -0.494 e. The van der Waals surface area contributed by atoms with Gasteiger partial charge in [-0.3, -0.25) is 9.69 Å². The lowest BCUT2D eigenvalue weighted by molar-refractivity contribution is -0.127. The second-order valence-corrected chi connectivity index (χ2v) is 6.90. The average molecular weight is 389 g/mol. The zero-order valence-electron chi connectivity index (χ0n) is 15.2. The molecule has 6 heteroatoms. The standard InChI is InChI=1S/C21H22ClFN2O2/c1-27-20-7-5-16(14-19(20)23)6-8-21(26)25-11-9-24(10-12-25)15-17-3-2-4-18(22)13-17/h2-8,13-14H,9-12,15H2,1H3/b8-6+. The smallest absolute Gasteiger partial charge is 0.246 e. The van der Waals surface area contributed by atoms with Gasteiger partial charge >= 0.3 is 0 Å². The lowest BCUT2D eigenvalue weighted by atomic mass is 10.2. The zero-order chi connectivity index (χ0) is 19.2. The van der Waals surface area contributed by atoms with Crippen molar-refractivity contribution in [1.82, 2.24) is 9.80 Å². The van der Waals surface area contributed by atoms with E-state index in [2.05, 4.69) is 11.0 Å². The van der Waals surface area contributed by atoms with Crippen molar-refractivity contribution in [3.8, 4) is 5.75 Å². The summed E-state index contributed by atoms with van der Waals surface area (Å²) in [6.45, 7) is 3.78. The van der Waals surface area contributed by atoms with Crippen LogP contribution in [0.4, 0.5) is 4.39 Å². The Bertz CT molecular complexity index is 833. The maximum Gasteiger partial charge on any atom is 0.246 e. The van der Waals surface area contributed by atoms with Gasteiger partial charge in [0.1, 0.15) is 0 Å².